The fraction of sp³-hybridized carbons (Fsp3) is 0.900. The van der Waals surface area contributed by atoms with E-state index in [-0.39, 0.29) is 26.1 Å². The van der Waals surface area contributed by atoms with E-state index in [0.717, 1.165) is 51.4 Å². The molecule has 50 heavy (non-hydrogen) atoms. The van der Waals surface area contributed by atoms with Gasteiger partial charge in [0.15, 0.2) is 6.10 Å². The largest absolute Gasteiger partial charge is 0.756 e. The number of hydrogen-bond donors (Lipinski definition) is 0. The predicted molar refractivity (Wildman–Crippen MR) is 204 cm³/mol. The third-order valence-corrected chi connectivity index (χ3v) is 9.75. The number of likely N-dealkylation sites (N-methyl/N-ethyl adjacent to an activating group) is 1. The number of nitrogens with zero attached hydrogens (tertiary/aromatic N) is 1. The van der Waals surface area contributed by atoms with Gasteiger partial charge in [0.25, 0.3) is 7.82 Å². The van der Waals surface area contributed by atoms with Gasteiger partial charge in [0.1, 0.15) is 19.8 Å². The first-order chi connectivity index (χ1) is 24.0. The molecule has 0 radical (unpaired) electrons. The Bertz CT molecular complexity index is 876. The van der Waals surface area contributed by atoms with Gasteiger partial charge < -0.3 is 27.9 Å². The Kier molecular flexibility index (Phi) is 32.7. The topological polar surface area (TPSA) is 111 Å². The van der Waals surface area contributed by atoms with E-state index in [4.69, 9.17) is 18.5 Å². The molecule has 2 atom stereocenters. The van der Waals surface area contributed by atoms with E-state index in [1.54, 1.807) is 0 Å². The SMILES string of the molecule is CCCCCCCC/C=C/CCCCCCCC(=O)OC[C@H](COP(=O)([O-])OCC[N+](C)(C)C)OC(=O)CCCCCCCCCCCCC. The van der Waals surface area contributed by atoms with Crippen LogP contribution in [0.5, 0.6) is 0 Å². The number of hydrogen-bond acceptors (Lipinski definition) is 8. The molecule has 0 heterocycles. The highest BCUT2D eigenvalue weighted by Crippen LogP contribution is 2.38. The van der Waals surface area contributed by atoms with E-state index < -0.39 is 32.5 Å². The van der Waals surface area contributed by atoms with Crippen LogP contribution in [0.2, 0.25) is 0 Å². The number of phosphoric ester groups is 1. The van der Waals surface area contributed by atoms with Crippen molar-refractivity contribution >= 4 is 19.8 Å². The van der Waals surface area contributed by atoms with E-state index in [0.29, 0.717) is 17.4 Å². The van der Waals surface area contributed by atoms with Gasteiger partial charge in [-0.15, -0.1) is 0 Å². The molecule has 0 saturated heterocycles. The number of esters is 2. The number of phosphoric acid groups is 1. The third-order valence-electron chi connectivity index (χ3n) is 8.79. The summed E-state index contributed by atoms with van der Waals surface area (Å²) >= 11 is 0. The van der Waals surface area contributed by atoms with E-state index in [2.05, 4.69) is 26.0 Å². The molecule has 9 nitrogen and oxygen atoms in total. The smallest absolute Gasteiger partial charge is 0.306 e. The molecule has 0 aliphatic heterocycles. The van der Waals surface area contributed by atoms with Gasteiger partial charge in [-0.2, -0.15) is 0 Å². The molecule has 0 spiro atoms. The average Bonchev–Trinajstić information content (AvgIpc) is 3.06. The molecular weight excluding hydrogens is 653 g/mol. The summed E-state index contributed by atoms with van der Waals surface area (Å²) in [6.45, 7) is 4.20. The van der Waals surface area contributed by atoms with Crippen LogP contribution in [0.3, 0.4) is 0 Å². The number of quaternary nitrogens is 1. The van der Waals surface area contributed by atoms with Crippen LogP contribution in [0.4, 0.5) is 0 Å². The van der Waals surface area contributed by atoms with Gasteiger partial charge in [-0.1, -0.05) is 142 Å². The van der Waals surface area contributed by atoms with Crippen molar-refractivity contribution in [3.05, 3.63) is 12.2 Å². The van der Waals surface area contributed by atoms with Gasteiger partial charge in [-0.25, -0.2) is 0 Å². The molecule has 0 fully saturated rings. The van der Waals surface area contributed by atoms with Crippen LogP contribution in [-0.4, -0.2) is 70.0 Å². The Labute approximate surface area is 307 Å². The molecule has 0 aromatic heterocycles. The van der Waals surface area contributed by atoms with Crippen LogP contribution in [0.1, 0.15) is 181 Å². The summed E-state index contributed by atoms with van der Waals surface area (Å²) in [6, 6.07) is 0. The molecule has 0 aromatic rings. The van der Waals surface area contributed by atoms with Crippen molar-refractivity contribution in [2.75, 3.05) is 47.5 Å². The third kappa shape index (κ3) is 36.5. The van der Waals surface area contributed by atoms with Crippen molar-refractivity contribution in [1.29, 1.82) is 0 Å². The second-order valence-corrected chi connectivity index (χ2v) is 16.4. The highest BCUT2D eigenvalue weighted by molar-refractivity contribution is 7.45. The van der Waals surface area contributed by atoms with E-state index >= 15 is 0 Å². The number of ether oxygens (including phenoxy) is 2. The minimum atomic E-state index is -4.61. The Hall–Kier alpha value is -1.25. The van der Waals surface area contributed by atoms with Gasteiger partial charge in [0.05, 0.1) is 27.7 Å². The van der Waals surface area contributed by atoms with Crippen molar-refractivity contribution < 1.29 is 42.1 Å². The summed E-state index contributed by atoms with van der Waals surface area (Å²) in [5, 5.41) is 0. The number of rotatable bonds is 37. The lowest BCUT2D eigenvalue weighted by atomic mass is 10.1. The van der Waals surface area contributed by atoms with E-state index in [1.165, 1.54) is 96.3 Å². The van der Waals surface area contributed by atoms with E-state index in [9.17, 15) is 19.0 Å². The summed E-state index contributed by atoms with van der Waals surface area (Å²) in [6.07, 6.45) is 32.3. The maximum atomic E-state index is 12.6. The second kappa shape index (κ2) is 33.6. The molecular formula is C40H78NO8P. The lowest BCUT2D eigenvalue weighted by Gasteiger charge is -2.28. The highest BCUT2D eigenvalue weighted by atomic mass is 31.2. The van der Waals surface area contributed by atoms with Gasteiger partial charge in [-0.05, 0) is 38.5 Å². The molecule has 0 rings (SSSR count). The number of carbonyl (C=O) groups is 2. The Morgan fingerprint density at radius 3 is 1.48 bits per heavy atom. The zero-order chi connectivity index (χ0) is 37.2. The summed E-state index contributed by atoms with van der Waals surface area (Å²) in [5.41, 5.74) is 0. The van der Waals surface area contributed by atoms with Gasteiger partial charge >= 0.3 is 11.9 Å². The highest BCUT2D eigenvalue weighted by Gasteiger charge is 2.21. The van der Waals surface area contributed by atoms with Crippen LogP contribution in [0, 0.1) is 0 Å². The second-order valence-electron chi connectivity index (χ2n) is 15.0. The fourth-order valence-corrected chi connectivity index (χ4v) is 6.26. The zero-order valence-corrected chi connectivity index (χ0v) is 34.0. The Morgan fingerprint density at radius 1 is 0.600 bits per heavy atom. The number of unbranched alkanes of at least 4 members (excludes halogenated alkanes) is 21. The maximum Gasteiger partial charge on any atom is 0.306 e. The van der Waals surface area contributed by atoms with Gasteiger partial charge in [0, 0.05) is 12.8 Å². The van der Waals surface area contributed by atoms with Gasteiger partial charge in [-0.3, -0.25) is 14.2 Å². The first-order valence-electron chi connectivity index (χ1n) is 20.4. The summed E-state index contributed by atoms with van der Waals surface area (Å²) < 4.78 is 33.8. The molecule has 0 amide bonds. The molecule has 0 aromatic carbocycles. The molecule has 10 heteroatoms. The van der Waals surface area contributed by atoms with E-state index in [1.807, 2.05) is 21.1 Å². The quantitative estimate of drug-likeness (QED) is 0.0204. The van der Waals surface area contributed by atoms with Crippen molar-refractivity contribution in [2.45, 2.75) is 187 Å². The molecule has 0 saturated carbocycles. The first kappa shape index (κ1) is 48.8. The molecule has 0 N–H and O–H groups in total. The standard InChI is InChI=1S/C40H78NO8P/c1-6-8-10-12-14-16-18-19-20-21-23-24-26-28-30-32-39(42)46-36-38(37-48-50(44,45)47-35-34-41(3,4)5)49-40(43)33-31-29-27-25-22-17-15-13-11-9-7-2/h19-20,38H,6-18,21-37H2,1-5H3/b20-19+/t38-/m1/s1. The normalized spacial score (nSPS) is 13.8. The molecule has 0 aliphatic rings. The van der Waals surface area contributed by atoms with Crippen LogP contribution >= 0.6 is 7.82 Å². The van der Waals surface area contributed by atoms with Gasteiger partial charge in [0.2, 0.25) is 0 Å². The predicted octanol–water partition coefficient (Wildman–Crippen LogP) is 10.4. The molecule has 0 aliphatic carbocycles. The number of carbonyl (C=O) groups excluding carboxylic acids is 2. The maximum absolute atomic E-state index is 12.6. The summed E-state index contributed by atoms with van der Waals surface area (Å²) in [4.78, 5) is 37.3. The fourth-order valence-electron chi connectivity index (χ4n) is 5.53. The van der Waals surface area contributed by atoms with Crippen LogP contribution in [-0.2, 0) is 32.7 Å². The minimum absolute atomic E-state index is 0.0292. The molecule has 296 valence electrons. The lowest BCUT2D eigenvalue weighted by Crippen LogP contribution is -2.37. The molecule has 0 bridgehead atoms. The molecule has 1 unspecified atom stereocenters. The van der Waals surface area contributed by atoms with Crippen LogP contribution in [0.25, 0.3) is 0 Å². The Balaban J connectivity index is 4.38. The van der Waals surface area contributed by atoms with Crippen molar-refractivity contribution in [3.8, 4) is 0 Å². The van der Waals surface area contributed by atoms with Crippen molar-refractivity contribution in [1.82, 2.24) is 0 Å². The van der Waals surface area contributed by atoms with Crippen LogP contribution < -0.4 is 4.89 Å². The summed E-state index contributed by atoms with van der Waals surface area (Å²) in [7, 11) is 1.17. The number of allylic oxidation sites excluding steroid dienone is 2. The Morgan fingerprint density at radius 2 is 1.02 bits per heavy atom. The summed E-state index contributed by atoms with van der Waals surface area (Å²) in [5.74, 6) is -0.840. The monoisotopic (exact) mass is 732 g/mol. The zero-order valence-electron chi connectivity index (χ0n) is 33.1. The first-order valence-corrected chi connectivity index (χ1v) is 21.9. The minimum Gasteiger partial charge on any atom is -0.756 e. The average molecular weight is 732 g/mol. The lowest BCUT2D eigenvalue weighted by molar-refractivity contribution is -0.870. The van der Waals surface area contributed by atoms with Crippen LogP contribution in [0.15, 0.2) is 12.2 Å². The van der Waals surface area contributed by atoms with Crippen molar-refractivity contribution in [3.63, 3.8) is 0 Å². The van der Waals surface area contributed by atoms with Crippen molar-refractivity contribution in [2.24, 2.45) is 0 Å².